The van der Waals surface area contributed by atoms with Crippen molar-refractivity contribution in [3.05, 3.63) is 53.2 Å². The number of anilines is 1. The molecule has 0 spiro atoms. The maximum atomic E-state index is 8.95. The van der Waals surface area contributed by atoms with Crippen LogP contribution in [0.15, 0.2) is 36.5 Å². The van der Waals surface area contributed by atoms with Gasteiger partial charge in [-0.25, -0.2) is 4.98 Å². The number of hydrogen-bond acceptors (Lipinski definition) is 4. The Labute approximate surface area is 125 Å². The highest BCUT2D eigenvalue weighted by atomic mass is 16.5. The Kier molecular flexibility index (Phi) is 5.16. The van der Waals surface area contributed by atoms with Crippen LogP contribution in [0.3, 0.4) is 0 Å². The predicted molar refractivity (Wildman–Crippen MR) is 83.2 cm³/mol. The summed E-state index contributed by atoms with van der Waals surface area (Å²) in [4.78, 5) is 4.34. The van der Waals surface area contributed by atoms with Gasteiger partial charge < -0.3 is 10.1 Å². The lowest BCUT2D eigenvalue weighted by Gasteiger charge is -2.13. The van der Waals surface area contributed by atoms with Gasteiger partial charge in [0.25, 0.3) is 0 Å². The maximum Gasteiger partial charge on any atom is 0.132 e. The van der Waals surface area contributed by atoms with Gasteiger partial charge in [0.1, 0.15) is 18.2 Å². The van der Waals surface area contributed by atoms with Crippen molar-refractivity contribution in [2.75, 3.05) is 11.9 Å². The van der Waals surface area contributed by atoms with Gasteiger partial charge in [-0.2, -0.15) is 5.26 Å². The molecule has 0 aliphatic rings. The lowest BCUT2D eigenvalue weighted by Crippen LogP contribution is -2.07. The van der Waals surface area contributed by atoms with Crippen LogP contribution in [0.1, 0.15) is 30.0 Å². The monoisotopic (exact) mass is 281 g/mol. The maximum absolute atomic E-state index is 8.95. The fourth-order valence-electron chi connectivity index (χ4n) is 1.94. The molecule has 1 heterocycles. The zero-order valence-electron chi connectivity index (χ0n) is 12.4. The summed E-state index contributed by atoms with van der Waals surface area (Å²) in [6, 6.07) is 11.5. The van der Waals surface area contributed by atoms with Crippen molar-refractivity contribution in [3.8, 4) is 11.8 Å². The molecule has 4 heteroatoms. The molecular formula is C17H19N3O. The van der Waals surface area contributed by atoms with Gasteiger partial charge in [0, 0.05) is 18.3 Å². The number of benzene rings is 1. The Balaban J connectivity index is 2.11. The SMILES string of the molecule is CCCNc1ncccc1COc1cc(C#N)ccc1C. The first-order chi connectivity index (χ1) is 10.2. The van der Waals surface area contributed by atoms with Crippen molar-refractivity contribution in [1.82, 2.24) is 4.98 Å². The summed E-state index contributed by atoms with van der Waals surface area (Å²) in [7, 11) is 0. The molecule has 0 saturated carbocycles. The van der Waals surface area contributed by atoms with Gasteiger partial charge in [-0.3, -0.25) is 0 Å². The average Bonchev–Trinajstić information content (AvgIpc) is 2.53. The number of nitriles is 1. The van der Waals surface area contributed by atoms with Crippen molar-refractivity contribution >= 4 is 5.82 Å². The third-order valence-electron chi connectivity index (χ3n) is 3.13. The highest BCUT2D eigenvalue weighted by Gasteiger charge is 2.06. The van der Waals surface area contributed by atoms with Gasteiger partial charge in [-0.15, -0.1) is 0 Å². The number of aromatic nitrogens is 1. The number of rotatable bonds is 6. The van der Waals surface area contributed by atoms with E-state index < -0.39 is 0 Å². The minimum absolute atomic E-state index is 0.426. The molecule has 0 amide bonds. The largest absolute Gasteiger partial charge is 0.488 e. The normalized spacial score (nSPS) is 9.95. The second kappa shape index (κ2) is 7.30. The summed E-state index contributed by atoms with van der Waals surface area (Å²) >= 11 is 0. The van der Waals surface area contributed by atoms with E-state index in [1.165, 1.54) is 0 Å². The van der Waals surface area contributed by atoms with Crippen LogP contribution in [0.25, 0.3) is 0 Å². The first kappa shape index (κ1) is 14.9. The number of pyridine rings is 1. The van der Waals surface area contributed by atoms with Crippen LogP contribution in [-0.4, -0.2) is 11.5 Å². The molecule has 1 N–H and O–H groups in total. The van der Waals surface area contributed by atoms with Crippen LogP contribution in [0, 0.1) is 18.3 Å². The van der Waals surface area contributed by atoms with Gasteiger partial charge >= 0.3 is 0 Å². The standard InChI is InChI=1S/C17H19N3O/c1-3-8-19-17-15(5-4-9-20-17)12-21-16-10-14(11-18)7-6-13(16)2/h4-7,9-10H,3,8,12H2,1-2H3,(H,19,20). The van der Waals surface area contributed by atoms with E-state index in [-0.39, 0.29) is 0 Å². The Morgan fingerprint density at radius 2 is 2.19 bits per heavy atom. The quantitative estimate of drug-likeness (QED) is 0.877. The molecule has 2 rings (SSSR count). The zero-order chi connectivity index (χ0) is 15.1. The molecule has 4 nitrogen and oxygen atoms in total. The Morgan fingerprint density at radius 3 is 2.95 bits per heavy atom. The van der Waals surface area contributed by atoms with E-state index in [1.54, 1.807) is 18.3 Å². The molecule has 2 aromatic rings. The van der Waals surface area contributed by atoms with Gasteiger partial charge in [-0.05, 0) is 37.1 Å². The summed E-state index contributed by atoms with van der Waals surface area (Å²) in [5, 5.41) is 12.2. The first-order valence-corrected chi connectivity index (χ1v) is 7.06. The third-order valence-corrected chi connectivity index (χ3v) is 3.13. The van der Waals surface area contributed by atoms with Crippen molar-refractivity contribution in [3.63, 3.8) is 0 Å². The fourth-order valence-corrected chi connectivity index (χ4v) is 1.94. The number of ether oxygens (including phenoxy) is 1. The molecule has 108 valence electrons. The van der Waals surface area contributed by atoms with Gasteiger partial charge in [0.15, 0.2) is 0 Å². The van der Waals surface area contributed by atoms with Crippen molar-refractivity contribution in [2.45, 2.75) is 26.9 Å². The van der Waals surface area contributed by atoms with E-state index in [4.69, 9.17) is 10.00 Å². The summed E-state index contributed by atoms with van der Waals surface area (Å²) in [6.45, 7) is 5.39. The molecule has 21 heavy (non-hydrogen) atoms. The van der Waals surface area contributed by atoms with E-state index in [1.807, 2.05) is 25.1 Å². The first-order valence-electron chi connectivity index (χ1n) is 7.06. The lowest BCUT2D eigenvalue weighted by atomic mass is 10.1. The zero-order valence-corrected chi connectivity index (χ0v) is 12.4. The van der Waals surface area contributed by atoms with Crippen LogP contribution >= 0.6 is 0 Å². The van der Waals surface area contributed by atoms with Crippen molar-refractivity contribution in [1.29, 1.82) is 5.26 Å². The van der Waals surface area contributed by atoms with Gasteiger partial charge in [0.2, 0.25) is 0 Å². The number of hydrogen-bond donors (Lipinski definition) is 1. The van der Waals surface area contributed by atoms with E-state index >= 15 is 0 Å². The third kappa shape index (κ3) is 3.96. The fraction of sp³-hybridized carbons (Fsp3) is 0.294. The molecule has 0 saturated heterocycles. The van der Waals surface area contributed by atoms with E-state index in [2.05, 4.69) is 23.3 Å². The van der Waals surface area contributed by atoms with E-state index in [9.17, 15) is 0 Å². The molecule has 0 radical (unpaired) electrons. The summed E-state index contributed by atoms with van der Waals surface area (Å²) < 4.78 is 5.85. The predicted octanol–water partition coefficient (Wildman–Crippen LogP) is 3.66. The minimum Gasteiger partial charge on any atom is -0.488 e. The second-order valence-corrected chi connectivity index (χ2v) is 4.82. The van der Waals surface area contributed by atoms with Crippen LogP contribution in [-0.2, 0) is 6.61 Å². The summed E-state index contributed by atoms with van der Waals surface area (Å²) in [5.74, 6) is 1.59. The Bertz CT molecular complexity index is 647. The van der Waals surface area contributed by atoms with Crippen LogP contribution in [0.2, 0.25) is 0 Å². The molecule has 0 atom stereocenters. The molecule has 0 aliphatic carbocycles. The number of aryl methyl sites for hydroxylation is 1. The second-order valence-electron chi connectivity index (χ2n) is 4.82. The van der Waals surface area contributed by atoms with Gasteiger partial charge in [0.05, 0.1) is 11.6 Å². The number of nitrogens with zero attached hydrogens (tertiary/aromatic N) is 2. The topological polar surface area (TPSA) is 57.9 Å². The molecule has 0 unspecified atom stereocenters. The molecule has 1 aromatic heterocycles. The highest BCUT2D eigenvalue weighted by molar-refractivity contribution is 5.45. The minimum atomic E-state index is 0.426. The van der Waals surface area contributed by atoms with Gasteiger partial charge in [-0.1, -0.05) is 19.1 Å². The van der Waals surface area contributed by atoms with Crippen molar-refractivity contribution < 1.29 is 4.74 Å². The highest BCUT2D eigenvalue weighted by Crippen LogP contribution is 2.22. The smallest absolute Gasteiger partial charge is 0.132 e. The van der Waals surface area contributed by atoms with Crippen LogP contribution in [0.5, 0.6) is 5.75 Å². The molecule has 1 aromatic carbocycles. The molecule has 0 bridgehead atoms. The van der Waals surface area contributed by atoms with Crippen LogP contribution < -0.4 is 10.1 Å². The molecular weight excluding hydrogens is 262 g/mol. The van der Waals surface area contributed by atoms with E-state index in [0.717, 1.165) is 35.7 Å². The van der Waals surface area contributed by atoms with Crippen LogP contribution in [0.4, 0.5) is 5.82 Å². The molecule has 0 aliphatic heterocycles. The van der Waals surface area contributed by atoms with E-state index in [0.29, 0.717) is 12.2 Å². The lowest BCUT2D eigenvalue weighted by molar-refractivity contribution is 0.304. The van der Waals surface area contributed by atoms with Crippen molar-refractivity contribution in [2.24, 2.45) is 0 Å². The molecule has 0 fully saturated rings. The summed E-state index contributed by atoms with van der Waals surface area (Å²) in [5.41, 5.74) is 2.62. The Morgan fingerprint density at radius 1 is 1.33 bits per heavy atom. The number of nitrogens with one attached hydrogen (secondary N) is 1. The summed E-state index contributed by atoms with van der Waals surface area (Å²) in [6.07, 6.45) is 2.81. The Hall–Kier alpha value is -2.54. The average molecular weight is 281 g/mol.